The molecular formula is C21H23FN4O5. The summed E-state index contributed by atoms with van der Waals surface area (Å²) in [7, 11) is 0. The molecule has 31 heavy (non-hydrogen) atoms. The van der Waals surface area contributed by atoms with Crippen molar-refractivity contribution in [3.05, 3.63) is 53.8 Å². The number of anilines is 1. The summed E-state index contributed by atoms with van der Waals surface area (Å²) in [6, 6.07) is 11.2. The van der Waals surface area contributed by atoms with E-state index in [0.29, 0.717) is 16.8 Å². The maximum absolute atomic E-state index is 14.8. The van der Waals surface area contributed by atoms with Crippen molar-refractivity contribution in [3.63, 3.8) is 0 Å². The van der Waals surface area contributed by atoms with E-state index < -0.39 is 23.9 Å². The Balaban J connectivity index is 1.69. The van der Waals surface area contributed by atoms with Gasteiger partial charge in [0.15, 0.2) is 0 Å². The number of carbonyl (C=O) groups excluding carboxylic acids is 3. The van der Waals surface area contributed by atoms with Gasteiger partial charge in [-0.05, 0) is 29.3 Å². The zero-order valence-corrected chi connectivity index (χ0v) is 16.9. The fourth-order valence-electron chi connectivity index (χ4n) is 3.24. The molecule has 1 atom stereocenters. The predicted molar refractivity (Wildman–Crippen MR) is 110 cm³/mol. The van der Waals surface area contributed by atoms with Gasteiger partial charge in [-0.25, -0.2) is 9.18 Å². The molecule has 0 saturated carbocycles. The van der Waals surface area contributed by atoms with E-state index in [1.165, 1.54) is 17.9 Å². The number of halogens is 1. The maximum Gasteiger partial charge on any atom is 0.414 e. The molecule has 3 amide bonds. The average Bonchev–Trinajstić information content (AvgIpc) is 3.07. The minimum Gasteiger partial charge on any atom is -0.442 e. The summed E-state index contributed by atoms with van der Waals surface area (Å²) in [5, 5.41) is 13.0. The van der Waals surface area contributed by atoms with Gasteiger partial charge in [-0.1, -0.05) is 24.3 Å². The molecular weight excluding hydrogens is 407 g/mol. The van der Waals surface area contributed by atoms with Gasteiger partial charge in [0.25, 0.3) is 0 Å². The van der Waals surface area contributed by atoms with Crippen LogP contribution in [0.15, 0.2) is 42.5 Å². The summed E-state index contributed by atoms with van der Waals surface area (Å²) in [6.45, 7) is 1.57. The third-order valence-electron chi connectivity index (χ3n) is 4.69. The number of hydrogen-bond acceptors (Lipinski definition) is 6. The lowest BCUT2D eigenvalue weighted by Crippen LogP contribution is -2.33. The van der Waals surface area contributed by atoms with Crippen molar-refractivity contribution >= 4 is 23.6 Å². The Labute approximate surface area is 178 Å². The molecule has 1 heterocycles. The molecule has 2 aromatic rings. The van der Waals surface area contributed by atoms with Crippen molar-refractivity contribution in [2.24, 2.45) is 5.73 Å². The van der Waals surface area contributed by atoms with Crippen LogP contribution < -0.4 is 16.0 Å². The van der Waals surface area contributed by atoms with Gasteiger partial charge in [-0.15, -0.1) is 0 Å². The number of hydrogen-bond donors (Lipinski definition) is 3. The highest BCUT2D eigenvalue weighted by Crippen LogP contribution is 2.29. The standard InChI is InChI=1S/C21H23FN4O5/c1-13(27)24-9-17-11-26(21(29)31-17)16-6-7-18(19(22)8-16)15-4-2-14(3-5-15)10-25(30)12-20(23)28/h2-8,17,30H,9-12H2,1H3,(H2,23,28)(H,24,27)/t17-/m0/s1. The molecule has 1 aliphatic rings. The van der Waals surface area contributed by atoms with E-state index >= 15 is 0 Å². The molecule has 0 radical (unpaired) electrons. The van der Waals surface area contributed by atoms with Crippen LogP contribution in [0.3, 0.4) is 0 Å². The van der Waals surface area contributed by atoms with Crippen LogP contribution in [0, 0.1) is 5.82 Å². The van der Waals surface area contributed by atoms with Crippen LogP contribution in [0.4, 0.5) is 14.9 Å². The number of primary amides is 1. The highest BCUT2D eigenvalue weighted by atomic mass is 19.1. The molecule has 1 aliphatic heterocycles. The van der Waals surface area contributed by atoms with Gasteiger partial charge in [0.1, 0.15) is 18.5 Å². The van der Waals surface area contributed by atoms with Crippen LogP contribution in [0.2, 0.25) is 0 Å². The Morgan fingerprint density at radius 2 is 2.00 bits per heavy atom. The van der Waals surface area contributed by atoms with E-state index in [9.17, 15) is 24.0 Å². The van der Waals surface area contributed by atoms with E-state index in [1.807, 2.05) is 0 Å². The number of nitrogens with zero attached hydrogens (tertiary/aromatic N) is 2. The van der Waals surface area contributed by atoms with Crippen molar-refractivity contribution in [1.29, 1.82) is 0 Å². The molecule has 9 nitrogen and oxygen atoms in total. The van der Waals surface area contributed by atoms with Gasteiger partial charge in [0.05, 0.1) is 18.8 Å². The monoisotopic (exact) mass is 430 g/mol. The highest BCUT2D eigenvalue weighted by Gasteiger charge is 2.32. The largest absolute Gasteiger partial charge is 0.442 e. The van der Waals surface area contributed by atoms with Crippen LogP contribution in [0.5, 0.6) is 0 Å². The maximum atomic E-state index is 14.8. The molecule has 0 spiro atoms. The van der Waals surface area contributed by atoms with E-state index in [0.717, 1.165) is 10.6 Å². The fraction of sp³-hybridized carbons (Fsp3) is 0.286. The summed E-state index contributed by atoms with van der Waals surface area (Å²) < 4.78 is 20.0. The number of carbonyl (C=O) groups is 3. The third-order valence-corrected chi connectivity index (χ3v) is 4.69. The smallest absolute Gasteiger partial charge is 0.414 e. The number of nitrogens with two attached hydrogens (primary N) is 1. The second-order valence-corrected chi connectivity index (χ2v) is 7.20. The molecule has 164 valence electrons. The molecule has 4 N–H and O–H groups in total. The molecule has 0 aromatic heterocycles. The molecule has 3 rings (SSSR count). The number of amides is 3. The number of rotatable bonds is 8. The quantitative estimate of drug-likeness (QED) is 0.547. The van der Waals surface area contributed by atoms with Gasteiger partial charge in [-0.3, -0.25) is 14.5 Å². The van der Waals surface area contributed by atoms with Gasteiger partial charge in [-0.2, -0.15) is 5.06 Å². The van der Waals surface area contributed by atoms with Gasteiger partial charge in [0, 0.05) is 19.0 Å². The lowest BCUT2D eigenvalue weighted by atomic mass is 10.0. The molecule has 1 fully saturated rings. The minimum atomic E-state index is -0.649. The van der Waals surface area contributed by atoms with E-state index in [2.05, 4.69) is 5.32 Å². The molecule has 1 saturated heterocycles. The van der Waals surface area contributed by atoms with Crippen LogP contribution in [0.25, 0.3) is 11.1 Å². The highest BCUT2D eigenvalue weighted by molar-refractivity contribution is 5.90. The summed E-state index contributed by atoms with van der Waals surface area (Å²) in [5.41, 5.74) is 7.06. The fourth-order valence-corrected chi connectivity index (χ4v) is 3.24. The topological polar surface area (TPSA) is 125 Å². The normalized spacial score (nSPS) is 15.8. The zero-order valence-electron chi connectivity index (χ0n) is 16.9. The van der Waals surface area contributed by atoms with Gasteiger partial charge >= 0.3 is 6.09 Å². The second-order valence-electron chi connectivity index (χ2n) is 7.20. The summed E-state index contributed by atoms with van der Waals surface area (Å²) in [4.78, 5) is 35.3. The number of benzene rings is 2. The van der Waals surface area contributed by atoms with Crippen molar-refractivity contribution in [2.45, 2.75) is 19.6 Å². The van der Waals surface area contributed by atoms with Crippen LogP contribution >= 0.6 is 0 Å². The number of hydroxylamine groups is 2. The Morgan fingerprint density at radius 1 is 1.29 bits per heavy atom. The lowest BCUT2D eigenvalue weighted by Gasteiger charge is -2.15. The number of nitrogens with one attached hydrogen (secondary N) is 1. The number of ether oxygens (including phenoxy) is 1. The molecule has 0 bridgehead atoms. The summed E-state index contributed by atoms with van der Waals surface area (Å²) in [5.74, 6) is -1.39. The van der Waals surface area contributed by atoms with Crippen molar-refractivity contribution in [3.8, 4) is 11.1 Å². The first-order chi connectivity index (χ1) is 14.7. The average molecular weight is 430 g/mol. The SMILES string of the molecule is CC(=O)NC[C@H]1CN(c2ccc(-c3ccc(CN(O)CC(N)=O)cc3)c(F)c2)C(=O)O1. The summed E-state index contributed by atoms with van der Waals surface area (Å²) in [6.07, 6.45) is -1.11. The molecule has 0 aliphatic carbocycles. The number of cyclic esters (lactones) is 1. The second kappa shape index (κ2) is 9.54. The van der Waals surface area contributed by atoms with Crippen LogP contribution in [-0.2, 0) is 20.9 Å². The first-order valence-corrected chi connectivity index (χ1v) is 9.56. The first-order valence-electron chi connectivity index (χ1n) is 9.56. The molecule has 2 aromatic carbocycles. The Morgan fingerprint density at radius 3 is 2.61 bits per heavy atom. The lowest BCUT2D eigenvalue weighted by molar-refractivity contribution is -0.137. The Kier molecular flexibility index (Phi) is 6.83. The first kappa shape index (κ1) is 22.2. The van der Waals surface area contributed by atoms with E-state index in [4.69, 9.17) is 10.5 Å². The van der Waals surface area contributed by atoms with Crippen LogP contribution in [-0.4, -0.2) is 53.9 Å². The predicted octanol–water partition coefficient (Wildman–Crippen LogP) is 1.63. The van der Waals surface area contributed by atoms with Crippen molar-refractivity contribution < 1.29 is 28.7 Å². The summed E-state index contributed by atoms with van der Waals surface area (Å²) >= 11 is 0. The molecule has 10 heteroatoms. The van der Waals surface area contributed by atoms with Gasteiger partial charge in [0.2, 0.25) is 11.8 Å². The van der Waals surface area contributed by atoms with Crippen LogP contribution in [0.1, 0.15) is 12.5 Å². The third kappa shape index (κ3) is 5.77. The van der Waals surface area contributed by atoms with Gasteiger partial charge < -0.3 is 21.0 Å². The van der Waals surface area contributed by atoms with E-state index in [-0.39, 0.29) is 32.1 Å². The molecule has 0 unspecified atom stereocenters. The Bertz CT molecular complexity index is 982. The van der Waals surface area contributed by atoms with Crippen molar-refractivity contribution in [1.82, 2.24) is 10.4 Å². The minimum absolute atomic E-state index is 0.0986. The Hall–Kier alpha value is -3.50. The van der Waals surface area contributed by atoms with Crippen molar-refractivity contribution in [2.75, 3.05) is 24.5 Å². The van der Waals surface area contributed by atoms with E-state index in [1.54, 1.807) is 36.4 Å². The zero-order chi connectivity index (χ0) is 22.5.